The molecule has 0 aliphatic carbocycles. The van der Waals surface area contributed by atoms with Crippen LogP contribution >= 0.6 is 0 Å². The first-order chi connectivity index (χ1) is 19.3. The maximum atomic E-state index is 6.83. The molecule has 2 heterocycles. The number of hydrogen-bond acceptors (Lipinski definition) is 2. The summed E-state index contributed by atoms with van der Waals surface area (Å²) in [6, 6.07) is 48.0. The molecular weight excluding hydrogens is 478 g/mol. The molecule has 0 spiro atoms. The smallest absolute Gasteiger partial charge is 0.137 e. The van der Waals surface area contributed by atoms with Gasteiger partial charge in [0.1, 0.15) is 23.0 Å². The van der Waals surface area contributed by atoms with E-state index in [1.54, 1.807) is 0 Å². The summed E-state index contributed by atoms with van der Waals surface area (Å²) in [4.78, 5) is 0. The van der Waals surface area contributed by atoms with Crippen LogP contribution in [0.4, 0.5) is 0 Å². The molecule has 3 nitrogen and oxygen atoms in total. The van der Waals surface area contributed by atoms with Gasteiger partial charge in [0.05, 0.1) is 11.0 Å². The second-order valence-electron chi connectivity index (χ2n) is 9.74. The number of nitrogens with zero attached hydrogens (tertiary/aromatic N) is 1. The molecule has 0 N–H and O–H groups in total. The van der Waals surface area contributed by atoms with Crippen LogP contribution in [0.15, 0.2) is 140 Å². The Bertz CT molecular complexity index is 1980. The lowest BCUT2D eigenvalue weighted by atomic mass is 10.0. The topological polar surface area (TPSA) is 23.4 Å². The van der Waals surface area contributed by atoms with E-state index in [4.69, 9.17) is 9.47 Å². The minimum Gasteiger partial charge on any atom is -0.456 e. The number of hydrogen-bond donors (Lipinski definition) is 0. The van der Waals surface area contributed by atoms with Gasteiger partial charge in [0.25, 0.3) is 0 Å². The van der Waals surface area contributed by atoms with Crippen LogP contribution in [0.3, 0.4) is 0 Å². The summed E-state index contributed by atoms with van der Waals surface area (Å²) in [6.45, 7) is 0. The number of rotatable bonds is 1. The van der Waals surface area contributed by atoms with Crippen molar-refractivity contribution in [3.8, 4) is 50.9 Å². The third-order valence-corrected chi connectivity index (χ3v) is 7.48. The fourth-order valence-electron chi connectivity index (χ4n) is 5.73. The Morgan fingerprint density at radius 1 is 0.359 bits per heavy atom. The highest BCUT2D eigenvalue weighted by Crippen LogP contribution is 2.47. The molecule has 3 heteroatoms. The average Bonchev–Trinajstić information content (AvgIpc) is 3.33. The zero-order valence-corrected chi connectivity index (χ0v) is 21.0. The van der Waals surface area contributed by atoms with Crippen molar-refractivity contribution >= 4 is 21.8 Å². The van der Waals surface area contributed by atoms with E-state index < -0.39 is 0 Å². The summed E-state index contributed by atoms with van der Waals surface area (Å²) in [5.41, 5.74) is 7.30. The molecule has 0 unspecified atom stereocenters. The van der Waals surface area contributed by atoms with Crippen molar-refractivity contribution in [1.29, 1.82) is 0 Å². The lowest BCUT2D eigenvalue weighted by Gasteiger charge is -2.22. The highest BCUT2D eigenvalue weighted by Gasteiger charge is 2.21. The van der Waals surface area contributed by atoms with E-state index in [1.165, 1.54) is 10.8 Å². The summed E-state index contributed by atoms with van der Waals surface area (Å²) in [6.07, 6.45) is 0. The van der Waals surface area contributed by atoms with Gasteiger partial charge in [0, 0.05) is 44.8 Å². The van der Waals surface area contributed by atoms with E-state index in [0.717, 1.165) is 62.0 Å². The largest absolute Gasteiger partial charge is 0.456 e. The molecule has 0 saturated carbocycles. The molecule has 1 aliphatic rings. The van der Waals surface area contributed by atoms with Crippen molar-refractivity contribution in [1.82, 2.24) is 4.57 Å². The first kappa shape index (κ1) is 21.8. The van der Waals surface area contributed by atoms with Gasteiger partial charge in [0.2, 0.25) is 0 Å². The van der Waals surface area contributed by atoms with Crippen LogP contribution in [0.25, 0.3) is 49.7 Å². The van der Waals surface area contributed by atoms with Crippen molar-refractivity contribution in [3.05, 3.63) is 140 Å². The highest BCUT2D eigenvalue weighted by atomic mass is 16.5. The molecule has 7 aromatic rings. The first-order valence-electron chi connectivity index (χ1n) is 13.1. The first-order valence-corrected chi connectivity index (χ1v) is 13.1. The van der Waals surface area contributed by atoms with Crippen molar-refractivity contribution in [3.63, 3.8) is 0 Å². The normalized spacial score (nSPS) is 12.0. The van der Waals surface area contributed by atoms with Gasteiger partial charge >= 0.3 is 0 Å². The van der Waals surface area contributed by atoms with Crippen LogP contribution in [0.1, 0.15) is 0 Å². The van der Waals surface area contributed by atoms with Gasteiger partial charge in [-0.05, 0) is 42.5 Å². The maximum absolute atomic E-state index is 6.83. The quantitative estimate of drug-likeness (QED) is 0.223. The maximum Gasteiger partial charge on any atom is 0.137 e. The molecule has 0 atom stereocenters. The van der Waals surface area contributed by atoms with Crippen LogP contribution < -0.4 is 9.47 Å². The number of aromatic nitrogens is 1. The van der Waals surface area contributed by atoms with E-state index in [9.17, 15) is 0 Å². The number of fused-ring (bicyclic) bond motifs is 9. The van der Waals surface area contributed by atoms with Crippen LogP contribution in [-0.2, 0) is 0 Å². The van der Waals surface area contributed by atoms with E-state index in [0.29, 0.717) is 0 Å². The predicted octanol–water partition coefficient (Wildman–Crippen LogP) is 10.0. The molecule has 1 aromatic heterocycles. The zero-order valence-electron chi connectivity index (χ0n) is 21.0. The lowest BCUT2D eigenvalue weighted by Crippen LogP contribution is -1.99. The molecule has 0 radical (unpaired) electrons. The molecule has 0 amide bonds. The fraction of sp³-hybridized carbons (Fsp3) is 0. The summed E-state index contributed by atoms with van der Waals surface area (Å²) in [5.74, 6) is 3.15. The van der Waals surface area contributed by atoms with Gasteiger partial charge in [-0.1, -0.05) is 91.0 Å². The molecule has 184 valence electrons. The van der Waals surface area contributed by atoms with Crippen LogP contribution in [0.5, 0.6) is 23.0 Å². The van der Waals surface area contributed by atoms with E-state index in [-0.39, 0.29) is 0 Å². The summed E-state index contributed by atoms with van der Waals surface area (Å²) < 4.78 is 15.7. The minimum atomic E-state index is 0.775. The van der Waals surface area contributed by atoms with Gasteiger partial charge in [0.15, 0.2) is 0 Å². The third kappa shape index (κ3) is 3.44. The van der Waals surface area contributed by atoms with Crippen LogP contribution in [0.2, 0.25) is 0 Å². The van der Waals surface area contributed by atoms with Crippen LogP contribution in [-0.4, -0.2) is 4.57 Å². The third-order valence-electron chi connectivity index (χ3n) is 7.48. The van der Waals surface area contributed by atoms with Gasteiger partial charge in [-0.3, -0.25) is 0 Å². The number of para-hydroxylation sites is 5. The van der Waals surface area contributed by atoms with Gasteiger partial charge < -0.3 is 14.0 Å². The molecule has 39 heavy (non-hydrogen) atoms. The summed E-state index contributed by atoms with van der Waals surface area (Å²) in [5, 5.41) is 2.46. The molecule has 0 bridgehead atoms. The highest BCUT2D eigenvalue weighted by molar-refractivity contribution is 6.09. The second-order valence-corrected chi connectivity index (χ2v) is 9.74. The van der Waals surface area contributed by atoms with Crippen molar-refractivity contribution in [2.24, 2.45) is 0 Å². The Balaban J connectivity index is 1.41. The monoisotopic (exact) mass is 501 g/mol. The Kier molecular flexibility index (Phi) is 4.82. The molecule has 8 rings (SSSR count). The molecule has 0 fully saturated rings. The van der Waals surface area contributed by atoms with E-state index in [2.05, 4.69) is 89.5 Å². The zero-order chi connectivity index (χ0) is 25.8. The molecule has 6 aromatic carbocycles. The molecule has 1 aliphatic heterocycles. The van der Waals surface area contributed by atoms with E-state index in [1.807, 2.05) is 54.6 Å². The van der Waals surface area contributed by atoms with Crippen molar-refractivity contribution in [2.75, 3.05) is 0 Å². The predicted molar refractivity (Wildman–Crippen MR) is 158 cm³/mol. The number of benzene rings is 6. The average molecular weight is 502 g/mol. The minimum absolute atomic E-state index is 0.775. The fourth-order valence-corrected chi connectivity index (χ4v) is 5.73. The Morgan fingerprint density at radius 2 is 0.769 bits per heavy atom. The Labute approximate surface area is 226 Å². The summed E-state index contributed by atoms with van der Waals surface area (Å²) in [7, 11) is 0. The van der Waals surface area contributed by atoms with E-state index >= 15 is 0 Å². The van der Waals surface area contributed by atoms with Gasteiger partial charge in [-0.25, -0.2) is 0 Å². The molecule has 0 saturated heterocycles. The summed E-state index contributed by atoms with van der Waals surface area (Å²) >= 11 is 0. The molecular formula is C36H23NO2. The Morgan fingerprint density at radius 3 is 1.31 bits per heavy atom. The standard InChI is InChI=1S/C36H23NO2/c1-6-16-31-25(11-1)26-12-2-7-17-32(26)37(31)24-21-22-30-29-15-5-9-19-34(29)38-33-18-8-3-13-27(33)28-14-4-10-20-35(28)39-36(30)23-24/h1-23H. The second kappa shape index (κ2) is 8.64. The van der Waals surface area contributed by atoms with Gasteiger partial charge in [-0.15, -0.1) is 0 Å². The van der Waals surface area contributed by atoms with Crippen molar-refractivity contribution in [2.45, 2.75) is 0 Å². The Hall–Kier alpha value is -5.28. The van der Waals surface area contributed by atoms with Gasteiger partial charge in [-0.2, -0.15) is 0 Å². The SMILES string of the molecule is c1ccc2c(c1)Oc1ccccc1-c1ccc(-n3c4ccccc4c4ccccc43)cc1Oc1ccccc1-2. The van der Waals surface area contributed by atoms with Crippen molar-refractivity contribution < 1.29 is 9.47 Å². The van der Waals surface area contributed by atoms with Crippen LogP contribution in [0, 0.1) is 0 Å². The number of ether oxygens (including phenoxy) is 2. The lowest BCUT2D eigenvalue weighted by molar-refractivity contribution is 0.472.